The molecule has 1 atom stereocenters. The van der Waals surface area contributed by atoms with Crippen LogP contribution in [0.25, 0.3) is 11.3 Å². The highest BCUT2D eigenvalue weighted by molar-refractivity contribution is 5.94. The summed E-state index contributed by atoms with van der Waals surface area (Å²) in [4.78, 5) is 26.8. The number of halogens is 3. The third-order valence-electron chi connectivity index (χ3n) is 6.03. The number of ether oxygens (including phenoxy) is 1. The number of unbranched alkanes of at least 4 members (excludes halogenated alkanes) is 1. The number of hydrogen-bond acceptors (Lipinski definition) is 4. The van der Waals surface area contributed by atoms with E-state index in [1.54, 1.807) is 30.5 Å². The second kappa shape index (κ2) is 13.6. The standard InChI is InChI=1S/C29H31F3N2O4/c1-20(4-2-3-5-21-6-8-23(9-7-21)28(37)33-17-16-27(35)36)19-38-25-14-15-26(34-18-25)22-10-12-24(13-11-22)29(30,31)32/h6-15,18,20H,2-5,16-17,19H2,1H3,(H,33,37)(H,35,36). The molecule has 0 saturated heterocycles. The number of aliphatic carboxylic acids is 1. The lowest BCUT2D eigenvalue weighted by Crippen LogP contribution is -2.25. The first-order valence-electron chi connectivity index (χ1n) is 12.5. The second-order valence-electron chi connectivity index (χ2n) is 9.21. The van der Waals surface area contributed by atoms with Gasteiger partial charge in [-0.3, -0.25) is 14.6 Å². The zero-order valence-corrected chi connectivity index (χ0v) is 21.1. The largest absolute Gasteiger partial charge is 0.492 e. The van der Waals surface area contributed by atoms with E-state index in [2.05, 4.69) is 17.2 Å². The summed E-state index contributed by atoms with van der Waals surface area (Å²) in [5.74, 6) is -0.288. The molecule has 202 valence electrons. The van der Waals surface area contributed by atoms with E-state index in [1.807, 2.05) is 12.1 Å². The first-order chi connectivity index (χ1) is 18.1. The summed E-state index contributed by atoms with van der Waals surface area (Å²) < 4.78 is 44.0. The van der Waals surface area contributed by atoms with Gasteiger partial charge in [0, 0.05) is 17.7 Å². The molecule has 3 aromatic rings. The lowest BCUT2D eigenvalue weighted by molar-refractivity contribution is -0.138. The summed E-state index contributed by atoms with van der Waals surface area (Å²) in [5, 5.41) is 11.2. The molecular weight excluding hydrogens is 497 g/mol. The van der Waals surface area contributed by atoms with E-state index in [1.165, 1.54) is 12.1 Å². The van der Waals surface area contributed by atoms with Crippen LogP contribution in [0.3, 0.4) is 0 Å². The van der Waals surface area contributed by atoms with Gasteiger partial charge in [-0.15, -0.1) is 0 Å². The molecule has 38 heavy (non-hydrogen) atoms. The number of aromatic nitrogens is 1. The Morgan fingerprint density at radius 2 is 1.71 bits per heavy atom. The highest BCUT2D eigenvalue weighted by atomic mass is 19.4. The fourth-order valence-corrected chi connectivity index (χ4v) is 3.82. The molecule has 0 bridgehead atoms. The number of benzene rings is 2. The number of carboxylic acid groups (broad SMARTS) is 1. The number of carboxylic acids is 1. The molecule has 0 aliphatic rings. The van der Waals surface area contributed by atoms with Crippen LogP contribution in [0.15, 0.2) is 66.9 Å². The lowest BCUT2D eigenvalue weighted by Gasteiger charge is -2.13. The highest BCUT2D eigenvalue weighted by Gasteiger charge is 2.30. The normalized spacial score (nSPS) is 12.1. The monoisotopic (exact) mass is 528 g/mol. The van der Waals surface area contributed by atoms with E-state index >= 15 is 0 Å². The Morgan fingerprint density at radius 3 is 2.32 bits per heavy atom. The maximum Gasteiger partial charge on any atom is 0.416 e. The SMILES string of the molecule is CC(CCCCc1ccc(C(=O)NCCC(=O)O)cc1)COc1ccc(-c2ccc(C(F)(F)F)cc2)nc1. The van der Waals surface area contributed by atoms with Gasteiger partial charge in [0.15, 0.2) is 0 Å². The van der Waals surface area contributed by atoms with Gasteiger partial charge < -0.3 is 15.2 Å². The van der Waals surface area contributed by atoms with Crippen LogP contribution in [0.4, 0.5) is 13.2 Å². The third kappa shape index (κ3) is 9.21. The Balaban J connectivity index is 1.34. The van der Waals surface area contributed by atoms with Crippen molar-refractivity contribution in [3.63, 3.8) is 0 Å². The molecule has 3 rings (SSSR count). The van der Waals surface area contributed by atoms with Gasteiger partial charge >= 0.3 is 12.1 Å². The quantitative estimate of drug-likeness (QED) is 0.251. The van der Waals surface area contributed by atoms with Crippen LogP contribution in [0.2, 0.25) is 0 Å². The van der Waals surface area contributed by atoms with E-state index in [4.69, 9.17) is 9.84 Å². The molecule has 0 fully saturated rings. The van der Waals surface area contributed by atoms with Gasteiger partial charge in [-0.2, -0.15) is 13.2 Å². The lowest BCUT2D eigenvalue weighted by atomic mass is 10.0. The molecule has 6 nitrogen and oxygen atoms in total. The maximum atomic E-state index is 12.7. The Bertz CT molecular complexity index is 1180. The zero-order chi connectivity index (χ0) is 27.5. The molecule has 2 aromatic carbocycles. The number of alkyl halides is 3. The fourth-order valence-electron chi connectivity index (χ4n) is 3.82. The average molecular weight is 529 g/mol. The molecule has 0 saturated carbocycles. The van der Waals surface area contributed by atoms with Crippen molar-refractivity contribution in [3.8, 4) is 17.0 Å². The number of nitrogens with zero attached hydrogens (tertiary/aromatic N) is 1. The topological polar surface area (TPSA) is 88.5 Å². The van der Waals surface area contributed by atoms with Crippen LogP contribution in [0, 0.1) is 5.92 Å². The van der Waals surface area contributed by atoms with Crippen molar-refractivity contribution < 1.29 is 32.6 Å². The van der Waals surface area contributed by atoms with Gasteiger partial charge in [0.2, 0.25) is 0 Å². The van der Waals surface area contributed by atoms with Crippen LogP contribution < -0.4 is 10.1 Å². The minimum atomic E-state index is -4.36. The Labute approximate surface area is 219 Å². The van der Waals surface area contributed by atoms with Crippen molar-refractivity contribution in [3.05, 3.63) is 83.6 Å². The van der Waals surface area contributed by atoms with Crippen LogP contribution in [0.5, 0.6) is 5.75 Å². The minimum Gasteiger partial charge on any atom is -0.492 e. The number of carbonyl (C=O) groups is 2. The van der Waals surface area contributed by atoms with E-state index in [0.717, 1.165) is 43.4 Å². The van der Waals surface area contributed by atoms with Crippen molar-refractivity contribution >= 4 is 11.9 Å². The highest BCUT2D eigenvalue weighted by Crippen LogP contribution is 2.30. The van der Waals surface area contributed by atoms with Crippen molar-refractivity contribution in [2.45, 2.75) is 45.2 Å². The average Bonchev–Trinajstić information content (AvgIpc) is 2.90. The van der Waals surface area contributed by atoms with Crippen LogP contribution in [0.1, 0.15) is 54.1 Å². The zero-order valence-electron chi connectivity index (χ0n) is 21.1. The molecule has 2 N–H and O–H groups in total. The molecule has 1 unspecified atom stereocenters. The summed E-state index contributed by atoms with van der Waals surface area (Å²) in [7, 11) is 0. The minimum absolute atomic E-state index is 0.0996. The maximum absolute atomic E-state index is 12.7. The van der Waals surface area contributed by atoms with Gasteiger partial charge in [-0.25, -0.2) is 0 Å². The molecule has 0 spiro atoms. The molecule has 0 aliphatic heterocycles. The predicted molar refractivity (Wildman–Crippen MR) is 138 cm³/mol. The van der Waals surface area contributed by atoms with Crippen LogP contribution >= 0.6 is 0 Å². The van der Waals surface area contributed by atoms with E-state index in [-0.39, 0.29) is 18.9 Å². The van der Waals surface area contributed by atoms with E-state index in [0.29, 0.717) is 35.1 Å². The molecule has 1 heterocycles. The Hall–Kier alpha value is -3.88. The van der Waals surface area contributed by atoms with Crippen LogP contribution in [-0.4, -0.2) is 35.1 Å². The van der Waals surface area contributed by atoms with Crippen molar-refractivity contribution in [2.75, 3.05) is 13.2 Å². The van der Waals surface area contributed by atoms with Gasteiger partial charge in [0.1, 0.15) is 5.75 Å². The van der Waals surface area contributed by atoms with Crippen LogP contribution in [-0.2, 0) is 17.4 Å². The van der Waals surface area contributed by atoms with Gasteiger partial charge in [-0.05, 0) is 67.1 Å². The fraction of sp³-hybridized carbons (Fsp3) is 0.345. The molecule has 0 radical (unpaired) electrons. The summed E-state index contributed by atoms with van der Waals surface area (Å²) in [6, 6.07) is 15.7. The molecule has 1 amide bonds. The number of nitrogens with one attached hydrogen (secondary N) is 1. The summed E-state index contributed by atoms with van der Waals surface area (Å²) in [5.41, 5.74) is 2.13. The van der Waals surface area contributed by atoms with Crippen molar-refractivity contribution in [1.29, 1.82) is 0 Å². The Kier molecular flexibility index (Phi) is 10.3. The van der Waals surface area contributed by atoms with Gasteiger partial charge in [-0.1, -0.05) is 37.6 Å². The molecule has 1 aromatic heterocycles. The first kappa shape index (κ1) is 28.7. The number of pyridine rings is 1. The second-order valence-corrected chi connectivity index (χ2v) is 9.21. The number of hydrogen-bond donors (Lipinski definition) is 2. The van der Waals surface area contributed by atoms with Crippen molar-refractivity contribution in [1.82, 2.24) is 10.3 Å². The van der Waals surface area contributed by atoms with Crippen molar-refractivity contribution in [2.24, 2.45) is 5.92 Å². The summed E-state index contributed by atoms with van der Waals surface area (Å²) in [6.07, 6.45) is 1.01. The predicted octanol–water partition coefficient (Wildman–Crippen LogP) is 6.40. The number of rotatable bonds is 13. The molecule has 0 aliphatic carbocycles. The van der Waals surface area contributed by atoms with Gasteiger partial charge in [0.05, 0.1) is 30.5 Å². The molecule has 9 heteroatoms. The number of aryl methyl sites for hydroxylation is 1. The summed E-state index contributed by atoms with van der Waals surface area (Å²) in [6.45, 7) is 2.75. The molecular formula is C29H31F3N2O4. The first-order valence-corrected chi connectivity index (χ1v) is 12.5. The van der Waals surface area contributed by atoms with Gasteiger partial charge in [0.25, 0.3) is 5.91 Å². The smallest absolute Gasteiger partial charge is 0.416 e. The summed E-state index contributed by atoms with van der Waals surface area (Å²) >= 11 is 0. The van der Waals surface area contributed by atoms with E-state index < -0.39 is 17.7 Å². The Morgan fingerprint density at radius 1 is 1.00 bits per heavy atom. The third-order valence-corrected chi connectivity index (χ3v) is 6.03. The number of carbonyl (C=O) groups excluding carboxylic acids is 1. The van der Waals surface area contributed by atoms with E-state index in [9.17, 15) is 22.8 Å². The number of amides is 1.